The SMILES string of the molecule is CCC(CCCCC[C@H](NC(=O)OC(C)(C)C)C(=O)N[C@@H](Cc1cn(OC)c2ccccc12)C(=O)O)O[Si](c1ccccc1)(c1ccccc1)C(C)(C)C. The molecule has 3 atom stereocenters. The predicted molar refractivity (Wildman–Crippen MR) is 217 cm³/mol. The number of aliphatic carboxylic acids is 1. The van der Waals surface area contributed by atoms with Gasteiger partial charge in [-0.05, 0) is 67.1 Å². The number of amides is 2. The average Bonchev–Trinajstić information content (AvgIpc) is 3.48. The molecule has 54 heavy (non-hydrogen) atoms. The average molecular weight is 758 g/mol. The minimum Gasteiger partial charge on any atom is -0.480 e. The second kappa shape index (κ2) is 18.6. The summed E-state index contributed by atoms with van der Waals surface area (Å²) in [6, 6.07) is 26.5. The number of hydrogen-bond acceptors (Lipinski definition) is 6. The van der Waals surface area contributed by atoms with Crippen LogP contribution >= 0.6 is 0 Å². The van der Waals surface area contributed by atoms with Crippen LogP contribution in [0.1, 0.15) is 92.6 Å². The molecule has 0 spiro atoms. The third kappa shape index (κ3) is 10.8. The van der Waals surface area contributed by atoms with Gasteiger partial charge >= 0.3 is 12.1 Å². The van der Waals surface area contributed by atoms with Gasteiger partial charge in [-0.1, -0.05) is 126 Å². The Bertz CT molecular complexity index is 1780. The summed E-state index contributed by atoms with van der Waals surface area (Å²) in [5.41, 5.74) is 0.727. The fraction of sp³-hybridized carbons (Fsp3) is 0.465. The number of benzene rings is 3. The van der Waals surface area contributed by atoms with Gasteiger partial charge in [0.15, 0.2) is 0 Å². The van der Waals surface area contributed by atoms with E-state index >= 15 is 0 Å². The standard InChI is InChI=1S/C43H59N3O7Si/c1-9-32(53-54(43(5,6)7,33-22-14-11-15-23-33)34-24-16-12-17-25-34)21-13-10-18-27-36(45-41(50)52-42(2,3)4)39(47)44-37(40(48)49)29-31-30-46(51-8)38-28-20-19-26-35(31)38/h11-12,14-17,19-20,22-26,28,30,32,36-37H,9-10,13,18,21,27,29H2,1-8H3,(H,44,47)(H,45,50)(H,48,49)/t32?,36-,37-/m0/s1. The Labute approximate surface area is 321 Å². The van der Waals surface area contributed by atoms with E-state index < -0.39 is 44.0 Å². The van der Waals surface area contributed by atoms with Crippen LogP contribution in [0.4, 0.5) is 4.79 Å². The van der Waals surface area contributed by atoms with E-state index in [4.69, 9.17) is 14.0 Å². The highest BCUT2D eigenvalue weighted by molar-refractivity contribution is 6.99. The lowest BCUT2D eigenvalue weighted by Crippen LogP contribution is -2.67. The van der Waals surface area contributed by atoms with E-state index in [2.05, 4.69) is 86.9 Å². The van der Waals surface area contributed by atoms with E-state index in [1.165, 1.54) is 17.5 Å². The quantitative estimate of drug-likeness (QED) is 0.0736. The Morgan fingerprint density at radius 2 is 1.35 bits per heavy atom. The van der Waals surface area contributed by atoms with Gasteiger partial charge in [-0.2, -0.15) is 4.73 Å². The number of carbonyl (C=O) groups is 3. The number of alkyl carbamates (subject to hydrolysis) is 1. The van der Waals surface area contributed by atoms with Crippen LogP contribution in [0.2, 0.25) is 5.04 Å². The molecule has 4 aromatic rings. The van der Waals surface area contributed by atoms with Crippen molar-refractivity contribution in [1.82, 2.24) is 15.4 Å². The van der Waals surface area contributed by atoms with E-state index in [9.17, 15) is 19.5 Å². The number of fused-ring (bicyclic) bond motifs is 1. The number of carboxylic acid groups (broad SMARTS) is 1. The molecule has 0 radical (unpaired) electrons. The van der Waals surface area contributed by atoms with Crippen molar-refractivity contribution in [2.24, 2.45) is 0 Å². The minimum atomic E-state index is -2.71. The molecule has 11 heteroatoms. The lowest BCUT2D eigenvalue weighted by Gasteiger charge is -2.45. The highest BCUT2D eigenvalue weighted by atomic mass is 28.4. The van der Waals surface area contributed by atoms with Crippen LogP contribution in [-0.4, -0.2) is 67.0 Å². The molecular weight excluding hydrogens is 699 g/mol. The van der Waals surface area contributed by atoms with Crippen molar-refractivity contribution in [3.8, 4) is 0 Å². The molecule has 292 valence electrons. The summed E-state index contributed by atoms with van der Waals surface area (Å²) in [5.74, 6) is -1.76. The maximum absolute atomic E-state index is 13.7. The summed E-state index contributed by atoms with van der Waals surface area (Å²) in [7, 11) is -1.18. The minimum absolute atomic E-state index is 0.0238. The van der Waals surface area contributed by atoms with Gasteiger partial charge in [0.25, 0.3) is 8.32 Å². The molecule has 0 saturated heterocycles. The zero-order valence-electron chi connectivity index (χ0n) is 33.2. The number of nitrogens with one attached hydrogen (secondary N) is 2. The second-order valence-electron chi connectivity index (χ2n) is 15.9. The molecule has 0 fully saturated rings. The summed E-state index contributed by atoms with van der Waals surface area (Å²) >= 11 is 0. The van der Waals surface area contributed by atoms with Crippen LogP contribution in [0.5, 0.6) is 0 Å². The van der Waals surface area contributed by atoms with Crippen molar-refractivity contribution in [2.45, 2.75) is 122 Å². The van der Waals surface area contributed by atoms with Crippen molar-refractivity contribution in [3.05, 3.63) is 96.7 Å². The molecule has 0 aliphatic carbocycles. The molecular formula is C43H59N3O7Si. The Kier molecular flexibility index (Phi) is 14.5. The van der Waals surface area contributed by atoms with Crippen molar-refractivity contribution < 1.29 is 33.5 Å². The fourth-order valence-corrected chi connectivity index (χ4v) is 11.9. The van der Waals surface area contributed by atoms with Crippen LogP contribution < -0.4 is 25.8 Å². The van der Waals surface area contributed by atoms with Gasteiger partial charge in [0, 0.05) is 24.1 Å². The van der Waals surface area contributed by atoms with Gasteiger partial charge < -0.3 is 29.7 Å². The van der Waals surface area contributed by atoms with Gasteiger partial charge in [0.1, 0.15) is 24.8 Å². The molecule has 0 aliphatic rings. The number of carboxylic acids is 1. The number of aromatic nitrogens is 1. The van der Waals surface area contributed by atoms with Crippen molar-refractivity contribution in [1.29, 1.82) is 0 Å². The third-order valence-electron chi connectivity index (χ3n) is 9.74. The first kappa shape index (κ1) is 42.1. The lowest BCUT2D eigenvalue weighted by atomic mass is 10.0. The number of nitrogens with zero attached hydrogens (tertiary/aromatic N) is 1. The summed E-state index contributed by atoms with van der Waals surface area (Å²) < 4.78 is 14.4. The fourth-order valence-electron chi connectivity index (χ4n) is 7.13. The van der Waals surface area contributed by atoms with Crippen LogP contribution in [0.3, 0.4) is 0 Å². The van der Waals surface area contributed by atoms with E-state index in [0.29, 0.717) is 18.4 Å². The number of hydrogen-bond donors (Lipinski definition) is 3. The molecule has 0 saturated carbocycles. The van der Waals surface area contributed by atoms with Gasteiger partial charge in [0.05, 0.1) is 5.52 Å². The number of ether oxygens (including phenoxy) is 1. The number of para-hydroxylation sites is 1. The topological polar surface area (TPSA) is 128 Å². The first-order valence-electron chi connectivity index (χ1n) is 19.0. The Hall–Kier alpha value is -4.61. The van der Waals surface area contributed by atoms with E-state index in [0.717, 1.165) is 36.6 Å². The van der Waals surface area contributed by atoms with Gasteiger partial charge in [-0.15, -0.1) is 0 Å². The maximum Gasteiger partial charge on any atom is 0.408 e. The molecule has 2 amide bonds. The Morgan fingerprint density at radius 3 is 1.89 bits per heavy atom. The van der Waals surface area contributed by atoms with E-state index in [1.54, 1.807) is 31.7 Å². The number of rotatable bonds is 18. The largest absolute Gasteiger partial charge is 0.480 e. The summed E-state index contributed by atoms with van der Waals surface area (Å²) in [4.78, 5) is 44.5. The highest BCUT2D eigenvalue weighted by Crippen LogP contribution is 2.38. The highest BCUT2D eigenvalue weighted by Gasteiger charge is 2.51. The molecule has 0 bridgehead atoms. The van der Waals surface area contributed by atoms with E-state index in [-0.39, 0.29) is 17.6 Å². The van der Waals surface area contributed by atoms with Crippen molar-refractivity contribution >= 4 is 47.6 Å². The first-order valence-corrected chi connectivity index (χ1v) is 21.0. The second-order valence-corrected chi connectivity index (χ2v) is 20.2. The number of carbonyl (C=O) groups excluding carboxylic acids is 2. The Morgan fingerprint density at radius 1 is 0.778 bits per heavy atom. The monoisotopic (exact) mass is 757 g/mol. The lowest BCUT2D eigenvalue weighted by molar-refractivity contribution is -0.142. The van der Waals surface area contributed by atoms with Gasteiger partial charge in [-0.3, -0.25) is 4.79 Å². The Balaban J connectivity index is 1.45. The van der Waals surface area contributed by atoms with Crippen molar-refractivity contribution in [2.75, 3.05) is 7.11 Å². The third-order valence-corrected chi connectivity index (χ3v) is 14.8. The zero-order valence-corrected chi connectivity index (χ0v) is 34.2. The molecule has 10 nitrogen and oxygen atoms in total. The molecule has 1 heterocycles. The maximum atomic E-state index is 13.7. The van der Waals surface area contributed by atoms with E-state index in [1.807, 2.05) is 36.4 Å². The van der Waals surface area contributed by atoms with Crippen LogP contribution in [0.15, 0.2) is 91.1 Å². The summed E-state index contributed by atoms with van der Waals surface area (Å²) in [6.07, 6.45) is 5.33. The summed E-state index contributed by atoms with van der Waals surface area (Å²) in [5, 5.41) is 18.7. The summed E-state index contributed by atoms with van der Waals surface area (Å²) in [6.45, 7) is 14.2. The number of unbranched alkanes of at least 4 members (excludes halogenated alkanes) is 2. The molecule has 4 rings (SSSR count). The first-order chi connectivity index (χ1) is 25.6. The molecule has 3 aromatic carbocycles. The van der Waals surface area contributed by atoms with Gasteiger partial charge in [0.2, 0.25) is 5.91 Å². The smallest absolute Gasteiger partial charge is 0.408 e. The molecule has 1 unspecified atom stereocenters. The van der Waals surface area contributed by atoms with Crippen LogP contribution in [0.25, 0.3) is 10.9 Å². The zero-order chi connectivity index (χ0) is 39.5. The molecule has 0 aliphatic heterocycles. The molecule has 3 N–H and O–H groups in total. The van der Waals surface area contributed by atoms with Crippen LogP contribution in [-0.2, 0) is 25.2 Å². The predicted octanol–water partition coefficient (Wildman–Crippen LogP) is 7.01. The van der Waals surface area contributed by atoms with Crippen molar-refractivity contribution in [3.63, 3.8) is 0 Å². The van der Waals surface area contributed by atoms with Gasteiger partial charge in [-0.25, -0.2) is 9.59 Å². The molecule has 1 aromatic heterocycles. The van der Waals surface area contributed by atoms with Crippen LogP contribution in [0, 0.1) is 0 Å². The normalized spacial score (nSPS) is 13.9.